The molecule has 2 rings (SSSR count). The molecule has 1 aromatic carbocycles. The number of carboxylic acid groups (broad SMARTS) is 1. The summed E-state index contributed by atoms with van der Waals surface area (Å²) in [4.78, 5) is 10.5. The molecule has 0 bridgehead atoms. The molecule has 0 aliphatic heterocycles. The molecule has 0 saturated heterocycles. The maximum Gasteiger partial charge on any atom is 0.338 e. The van der Waals surface area contributed by atoms with Crippen LogP contribution < -0.4 is 4.72 Å². The van der Waals surface area contributed by atoms with Gasteiger partial charge in [0.15, 0.2) is 0 Å². The minimum atomic E-state index is -3.77. The van der Waals surface area contributed by atoms with Crippen molar-refractivity contribution in [3.05, 3.63) is 29.6 Å². The van der Waals surface area contributed by atoms with E-state index < -0.39 is 27.4 Å². The zero-order valence-corrected chi connectivity index (χ0v) is 10.2. The number of halogens is 1. The second-order valence-electron chi connectivity index (χ2n) is 4.20. The monoisotopic (exact) mass is 273 g/mol. The SMILES string of the molecule is O=C(O)c1cc(S(=O)(=O)NC2CCC2)ccc1F. The quantitative estimate of drug-likeness (QED) is 0.867. The van der Waals surface area contributed by atoms with Crippen LogP contribution in [0.4, 0.5) is 4.39 Å². The van der Waals surface area contributed by atoms with Gasteiger partial charge in [0.05, 0.1) is 10.5 Å². The fourth-order valence-corrected chi connectivity index (χ4v) is 2.98. The van der Waals surface area contributed by atoms with Crippen molar-refractivity contribution in [2.75, 3.05) is 0 Å². The van der Waals surface area contributed by atoms with Gasteiger partial charge in [0, 0.05) is 6.04 Å². The Bertz CT molecular complexity index is 581. The van der Waals surface area contributed by atoms with Crippen LogP contribution in [0.25, 0.3) is 0 Å². The lowest BCUT2D eigenvalue weighted by molar-refractivity contribution is 0.0691. The molecule has 0 aromatic heterocycles. The van der Waals surface area contributed by atoms with Gasteiger partial charge in [0.1, 0.15) is 5.82 Å². The van der Waals surface area contributed by atoms with Crippen LogP contribution in [-0.4, -0.2) is 25.5 Å². The Kier molecular flexibility index (Phi) is 3.36. The summed E-state index contributed by atoms with van der Waals surface area (Å²) >= 11 is 0. The van der Waals surface area contributed by atoms with Crippen molar-refractivity contribution in [1.82, 2.24) is 4.72 Å². The molecule has 1 aliphatic rings. The molecule has 0 radical (unpaired) electrons. The Labute approximate surface area is 104 Å². The topological polar surface area (TPSA) is 83.5 Å². The van der Waals surface area contributed by atoms with Gasteiger partial charge in [0.2, 0.25) is 10.0 Å². The molecule has 0 unspecified atom stereocenters. The van der Waals surface area contributed by atoms with Gasteiger partial charge in [-0.15, -0.1) is 0 Å². The van der Waals surface area contributed by atoms with E-state index in [1.54, 1.807) is 0 Å². The van der Waals surface area contributed by atoms with Gasteiger partial charge in [-0.2, -0.15) is 0 Å². The van der Waals surface area contributed by atoms with Crippen LogP contribution >= 0.6 is 0 Å². The highest BCUT2D eigenvalue weighted by molar-refractivity contribution is 7.89. The van der Waals surface area contributed by atoms with Crippen molar-refractivity contribution in [3.8, 4) is 0 Å². The van der Waals surface area contributed by atoms with Gasteiger partial charge in [-0.3, -0.25) is 0 Å². The molecule has 18 heavy (non-hydrogen) atoms. The first-order valence-electron chi connectivity index (χ1n) is 5.45. The molecule has 5 nitrogen and oxygen atoms in total. The molecule has 1 saturated carbocycles. The lowest BCUT2D eigenvalue weighted by atomic mass is 9.94. The van der Waals surface area contributed by atoms with E-state index in [4.69, 9.17) is 5.11 Å². The lowest BCUT2D eigenvalue weighted by Gasteiger charge is -2.26. The fourth-order valence-electron chi connectivity index (χ4n) is 1.65. The van der Waals surface area contributed by atoms with Crippen molar-refractivity contribution in [3.63, 3.8) is 0 Å². The van der Waals surface area contributed by atoms with E-state index in [0.717, 1.165) is 37.5 Å². The zero-order chi connectivity index (χ0) is 13.3. The summed E-state index contributed by atoms with van der Waals surface area (Å²) < 4.78 is 39.4. The van der Waals surface area contributed by atoms with E-state index in [-0.39, 0.29) is 10.9 Å². The first-order chi connectivity index (χ1) is 8.40. The molecule has 0 heterocycles. The Morgan fingerprint density at radius 3 is 2.56 bits per heavy atom. The molecule has 2 N–H and O–H groups in total. The number of sulfonamides is 1. The van der Waals surface area contributed by atoms with E-state index in [2.05, 4.69) is 4.72 Å². The molecule has 0 atom stereocenters. The standard InChI is InChI=1S/C11H12FNO4S/c12-10-5-4-8(6-9(10)11(14)15)18(16,17)13-7-2-1-3-7/h4-7,13H,1-3H2,(H,14,15). The summed E-state index contributed by atoms with van der Waals surface area (Å²) in [6, 6.07) is 2.63. The number of hydrogen-bond donors (Lipinski definition) is 2. The lowest BCUT2D eigenvalue weighted by Crippen LogP contribution is -2.39. The molecule has 98 valence electrons. The van der Waals surface area contributed by atoms with Gasteiger partial charge >= 0.3 is 5.97 Å². The number of nitrogens with one attached hydrogen (secondary N) is 1. The summed E-state index contributed by atoms with van der Waals surface area (Å²) in [6.45, 7) is 0. The largest absolute Gasteiger partial charge is 0.478 e. The van der Waals surface area contributed by atoms with Crippen LogP contribution in [0.15, 0.2) is 23.1 Å². The predicted molar refractivity (Wildman–Crippen MR) is 61.3 cm³/mol. The average Bonchev–Trinajstić information content (AvgIpc) is 2.23. The highest BCUT2D eigenvalue weighted by atomic mass is 32.2. The number of aromatic carboxylic acids is 1. The van der Waals surface area contributed by atoms with Gasteiger partial charge in [-0.1, -0.05) is 6.42 Å². The highest BCUT2D eigenvalue weighted by Gasteiger charge is 2.25. The summed E-state index contributed by atoms with van der Waals surface area (Å²) in [7, 11) is -3.77. The molecule has 7 heteroatoms. The van der Waals surface area contributed by atoms with Crippen LogP contribution in [0.5, 0.6) is 0 Å². The van der Waals surface area contributed by atoms with Crippen LogP contribution in [0, 0.1) is 5.82 Å². The van der Waals surface area contributed by atoms with Gasteiger partial charge < -0.3 is 5.11 Å². The summed E-state index contributed by atoms with van der Waals surface area (Å²) in [5.74, 6) is -2.45. The minimum Gasteiger partial charge on any atom is -0.478 e. The molecule has 0 spiro atoms. The zero-order valence-electron chi connectivity index (χ0n) is 9.39. The molecule has 1 aliphatic carbocycles. The van der Waals surface area contributed by atoms with Gasteiger partial charge in [0.25, 0.3) is 0 Å². The van der Waals surface area contributed by atoms with E-state index in [9.17, 15) is 17.6 Å². The van der Waals surface area contributed by atoms with Gasteiger partial charge in [-0.05, 0) is 31.0 Å². The maximum atomic E-state index is 13.2. The van der Waals surface area contributed by atoms with Crippen LogP contribution in [0.1, 0.15) is 29.6 Å². The maximum absolute atomic E-state index is 13.2. The smallest absolute Gasteiger partial charge is 0.338 e. The van der Waals surface area contributed by atoms with E-state index >= 15 is 0 Å². The number of rotatable bonds is 4. The number of hydrogen-bond acceptors (Lipinski definition) is 3. The normalized spacial score (nSPS) is 16.3. The van der Waals surface area contributed by atoms with E-state index in [1.807, 2.05) is 0 Å². The molecular formula is C11H12FNO4S. The van der Waals surface area contributed by atoms with Crippen molar-refractivity contribution >= 4 is 16.0 Å². The first-order valence-corrected chi connectivity index (χ1v) is 6.93. The van der Waals surface area contributed by atoms with E-state index in [0.29, 0.717) is 0 Å². The van der Waals surface area contributed by atoms with Crippen LogP contribution in [0.2, 0.25) is 0 Å². The van der Waals surface area contributed by atoms with Crippen LogP contribution in [-0.2, 0) is 10.0 Å². The summed E-state index contributed by atoms with van der Waals surface area (Å²) in [6.07, 6.45) is 2.51. The summed E-state index contributed by atoms with van der Waals surface area (Å²) in [5, 5.41) is 8.74. The Hall–Kier alpha value is -1.47. The Morgan fingerprint density at radius 2 is 2.06 bits per heavy atom. The number of carboxylic acids is 1. The third-order valence-electron chi connectivity index (χ3n) is 2.91. The second-order valence-corrected chi connectivity index (χ2v) is 5.91. The summed E-state index contributed by atoms with van der Waals surface area (Å²) in [5.41, 5.74) is -0.647. The van der Waals surface area contributed by atoms with E-state index in [1.165, 1.54) is 0 Å². The average molecular weight is 273 g/mol. The molecular weight excluding hydrogens is 261 g/mol. The third-order valence-corrected chi connectivity index (χ3v) is 4.42. The molecule has 1 fully saturated rings. The first kappa shape index (κ1) is 13.0. The highest BCUT2D eigenvalue weighted by Crippen LogP contribution is 2.22. The van der Waals surface area contributed by atoms with Crippen molar-refractivity contribution in [1.29, 1.82) is 0 Å². The second kappa shape index (κ2) is 4.66. The van der Waals surface area contributed by atoms with Crippen LogP contribution in [0.3, 0.4) is 0 Å². The number of benzene rings is 1. The number of carbonyl (C=O) groups is 1. The van der Waals surface area contributed by atoms with Crippen molar-refractivity contribution < 1.29 is 22.7 Å². The van der Waals surface area contributed by atoms with Crippen molar-refractivity contribution in [2.45, 2.75) is 30.2 Å². The Balaban J connectivity index is 2.32. The molecule has 1 aromatic rings. The third kappa shape index (κ3) is 2.51. The van der Waals surface area contributed by atoms with Gasteiger partial charge in [-0.25, -0.2) is 22.3 Å². The minimum absolute atomic E-state index is 0.103. The Morgan fingerprint density at radius 1 is 1.39 bits per heavy atom. The molecule has 0 amide bonds. The predicted octanol–water partition coefficient (Wildman–Crippen LogP) is 1.35. The fraction of sp³-hybridized carbons (Fsp3) is 0.364. The van der Waals surface area contributed by atoms with Crippen molar-refractivity contribution in [2.24, 2.45) is 0 Å².